The zero-order valence-corrected chi connectivity index (χ0v) is 11.3. The molecule has 1 aliphatic rings. The van der Waals surface area contributed by atoms with E-state index < -0.39 is 0 Å². The van der Waals surface area contributed by atoms with Crippen molar-refractivity contribution >= 4 is 0 Å². The van der Waals surface area contributed by atoms with Crippen molar-refractivity contribution in [2.45, 2.75) is 65.3 Å². The highest BCUT2D eigenvalue weighted by Crippen LogP contribution is 2.29. The van der Waals surface area contributed by atoms with E-state index in [1.807, 2.05) is 0 Å². The van der Waals surface area contributed by atoms with Gasteiger partial charge in [0, 0.05) is 25.8 Å². The molecular weight excluding hydrogens is 198 g/mol. The van der Waals surface area contributed by atoms with E-state index in [9.17, 15) is 0 Å². The van der Waals surface area contributed by atoms with Gasteiger partial charge in [-0.15, -0.1) is 0 Å². The largest absolute Gasteiger partial charge is 0.381 e. The topological polar surface area (TPSA) is 21.3 Å². The number of hydrogen-bond acceptors (Lipinski definition) is 2. The molecule has 0 spiro atoms. The lowest BCUT2D eigenvalue weighted by Gasteiger charge is -2.29. The molecule has 0 aromatic rings. The van der Waals surface area contributed by atoms with Crippen molar-refractivity contribution in [1.82, 2.24) is 5.32 Å². The van der Waals surface area contributed by atoms with Crippen molar-refractivity contribution in [2.75, 3.05) is 19.8 Å². The van der Waals surface area contributed by atoms with Crippen LogP contribution >= 0.6 is 0 Å². The second kappa shape index (κ2) is 7.29. The fourth-order valence-corrected chi connectivity index (χ4v) is 2.15. The molecule has 16 heavy (non-hydrogen) atoms. The Morgan fingerprint density at radius 1 is 1.12 bits per heavy atom. The van der Waals surface area contributed by atoms with E-state index in [1.165, 1.54) is 38.6 Å². The Hall–Kier alpha value is -0.0800. The molecular formula is C14H29NO. The van der Waals surface area contributed by atoms with Gasteiger partial charge in [-0.25, -0.2) is 0 Å². The van der Waals surface area contributed by atoms with Crippen molar-refractivity contribution in [3.8, 4) is 0 Å². The Morgan fingerprint density at radius 3 is 2.44 bits per heavy atom. The standard InChI is InChI=1S/C14H29NO/c1-4-8-14(3,9-11-16-10-5-2)12-15-13-6-7-13/h13,15H,4-12H2,1-3H3. The first-order valence-electron chi connectivity index (χ1n) is 7.01. The lowest BCUT2D eigenvalue weighted by atomic mass is 9.82. The molecule has 0 aromatic heterocycles. The van der Waals surface area contributed by atoms with Crippen LogP contribution in [0.4, 0.5) is 0 Å². The Bertz CT molecular complexity index is 180. The first kappa shape index (κ1) is 14.0. The van der Waals surface area contributed by atoms with Crippen LogP contribution in [0.1, 0.15) is 59.3 Å². The molecule has 0 aliphatic heterocycles. The summed E-state index contributed by atoms with van der Waals surface area (Å²) in [6.45, 7) is 9.86. The number of nitrogens with one attached hydrogen (secondary N) is 1. The minimum absolute atomic E-state index is 0.436. The van der Waals surface area contributed by atoms with E-state index in [4.69, 9.17) is 4.74 Å². The van der Waals surface area contributed by atoms with Gasteiger partial charge in [0.15, 0.2) is 0 Å². The summed E-state index contributed by atoms with van der Waals surface area (Å²) in [6, 6.07) is 0.827. The summed E-state index contributed by atoms with van der Waals surface area (Å²) in [7, 11) is 0. The van der Waals surface area contributed by atoms with Gasteiger partial charge in [-0.1, -0.05) is 27.2 Å². The van der Waals surface area contributed by atoms with Crippen molar-refractivity contribution in [3.05, 3.63) is 0 Å². The van der Waals surface area contributed by atoms with Crippen LogP contribution in [0.25, 0.3) is 0 Å². The van der Waals surface area contributed by atoms with Crippen LogP contribution in [0.2, 0.25) is 0 Å². The Kier molecular flexibility index (Phi) is 6.37. The van der Waals surface area contributed by atoms with E-state index >= 15 is 0 Å². The predicted octanol–water partition coefficient (Wildman–Crippen LogP) is 3.36. The van der Waals surface area contributed by atoms with Gasteiger partial charge in [0.2, 0.25) is 0 Å². The van der Waals surface area contributed by atoms with Crippen LogP contribution in [0, 0.1) is 5.41 Å². The van der Waals surface area contributed by atoms with Crippen LogP contribution in [-0.4, -0.2) is 25.8 Å². The van der Waals surface area contributed by atoms with Gasteiger partial charge in [0.1, 0.15) is 0 Å². The summed E-state index contributed by atoms with van der Waals surface area (Å²) in [5.74, 6) is 0. The maximum atomic E-state index is 5.62. The van der Waals surface area contributed by atoms with Gasteiger partial charge in [-0.3, -0.25) is 0 Å². The maximum absolute atomic E-state index is 5.62. The number of hydrogen-bond donors (Lipinski definition) is 1. The smallest absolute Gasteiger partial charge is 0.0471 e. The average molecular weight is 227 g/mol. The van der Waals surface area contributed by atoms with Crippen LogP contribution in [0.5, 0.6) is 0 Å². The first-order valence-corrected chi connectivity index (χ1v) is 7.01. The highest BCUT2D eigenvalue weighted by atomic mass is 16.5. The van der Waals surface area contributed by atoms with Gasteiger partial charge in [0.25, 0.3) is 0 Å². The third kappa shape index (κ3) is 5.86. The molecule has 1 atom stereocenters. The SMILES string of the molecule is CCCOCCC(C)(CCC)CNC1CC1. The van der Waals surface area contributed by atoms with Crippen LogP contribution in [-0.2, 0) is 4.74 Å². The lowest BCUT2D eigenvalue weighted by Crippen LogP contribution is -2.34. The van der Waals surface area contributed by atoms with Crippen LogP contribution in [0.3, 0.4) is 0 Å². The van der Waals surface area contributed by atoms with Crippen molar-refractivity contribution in [1.29, 1.82) is 0 Å². The molecule has 0 radical (unpaired) electrons. The first-order chi connectivity index (χ1) is 7.70. The molecule has 2 heteroatoms. The molecule has 1 aliphatic carbocycles. The molecule has 1 N–H and O–H groups in total. The summed E-state index contributed by atoms with van der Waals surface area (Å²) in [5.41, 5.74) is 0.436. The number of ether oxygens (including phenoxy) is 1. The van der Waals surface area contributed by atoms with E-state index in [-0.39, 0.29) is 0 Å². The fraction of sp³-hybridized carbons (Fsp3) is 1.00. The fourth-order valence-electron chi connectivity index (χ4n) is 2.15. The monoisotopic (exact) mass is 227 g/mol. The van der Waals surface area contributed by atoms with Crippen LogP contribution in [0.15, 0.2) is 0 Å². The Labute approximate surface area is 101 Å². The molecule has 0 amide bonds. The van der Waals surface area contributed by atoms with E-state index in [1.54, 1.807) is 0 Å². The number of rotatable bonds is 10. The van der Waals surface area contributed by atoms with Crippen LogP contribution < -0.4 is 5.32 Å². The van der Waals surface area contributed by atoms with Gasteiger partial charge >= 0.3 is 0 Å². The molecule has 2 nitrogen and oxygen atoms in total. The Balaban J connectivity index is 2.18. The van der Waals surface area contributed by atoms with E-state index in [2.05, 4.69) is 26.1 Å². The predicted molar refractivity (Wildman–Crippen MR) is 69.8 cm³/mol. The maximum Gasteiger partial charge on any atom is 0.0471 e. The quantitative estimate of drug-likeness (QED) is 0.578. The summed E-state index contributed by atoms with van der Waals surface area (Å²) in [6.07, 6.45) is 7.67. The highest BCUT2D eigenvalue weighted by Gasteiger charge is 2.27. The zero-order valence-electron chi connectivity index (χ0n) is 11.3. The summed E-state index contributed by atoms with van der Waals surface area (Å²) < 4.78 is 5.62. The molecule has 0 heterocycles. The lowest BCUT2D eigenvalue weighted by molar-refractivity contribution is 0.0947. The minimum atomic E-state index is 0.436. The van der Waals surface area contributed by atoms with Gasteiger partial charge < -0.3 is 10.1 Å². The second-order valence-corrected chi connectivity index (χ2v) is 5.58. The third-order valence-corrected chi connectivity index (χ3v) is 3.45. The summed E-state index contributed by atoms with van der Waals surface area (Å²) in [4.78, 5) is 0. The minimum Gasteiger partial charge on any atom is -0.381 e. The van der Waals surface area contributed by atoms with Gasteiger partial charge in [0.05, 0.1) is 0 Å². The van der Waals surface area contributed by atoms with E-state index in [0.29, 0.717) is 5.41 Å². The molecule has 1 unspecified atom stereocenters. The molecule has 1 saturated carbocycles. The molecule has 1 fully saturated rings. The second-order valence-electron chi connectivity index (χ2n) is 5.58. The third-order valence-electron chi connectivity index (χ3n) is 3.45. The normalized spacial score (nSPS) is 19.7. The summed E-state index contributed by atoms with van der Waals surface area (Å²) >= 11 is 0. The molecule has 96 valence electrons. The van der Waals surface area contributed by atoms with Gasteiger partial charge in [-0.2, -0.15) is 0 Å². The van der Waals surface area contributed by atoms with Gasteiger partial charge in [-0.05, 0) is 37.5 Å². The molecule has 0 bridgehead atoms. The summed E-state index contributed by atoms with van der Waals surface area (Å²) in [5, 5.41) is 3.67. The highest BCUT2D eigenvalue weighted by molar-refractivity contribution is 4.85. The Morgan fingerprint density at radius 2 is 1.88 bits per heavy atom. The average Bonchev–Trinajstić information content (AvgIpc) is 3.06. The molecule has 0 aromatic carbocycles. The van der Waals surface area contributed by atoms with Crippen molar-refractivity contribution in [3.63, 3.8) is 0 Å². The molecule has 1 rings (SSSR count). The van der Waals surface area contributed by atoms with Crippen molar-refractivity contribution in [2.24, 2.45) is 5.41 Å². The zero-order chi connectivity index (χ0) is 11.9. The van der Waals surface area contributed by atoms with Crippen molar-refractivity contribution < 1.29 is 4.74 Å². The van der Waals surface area contributed by atoms with E-state index in [0.717, 1.165) is 25.7 Å². The molecule has 0 saturated heterocycles.